The van der Waals surface area contributed by atoms with Gasteiger partial charge in [0.2, 0.25) is 0 Å². The number of fused-ring (bicyclic) bond motifs is 1. The highest BCUT2D eigenvalue weighted by atomic mass is 19.4. The maximum absolute atomic E-state index is 13.0. The molecule has 0 N–H and O–H groups in total. The third kappa shape index (κ3) is 3.39. The van der Waals surface area contributed by atoms with Gasteiger partial charge in [-0.3, -0.25) is 4.90 Å². The van der Waals surface area contributed by atoms with E-state index in [2.05, 4.69) is 4.74 Å². The van der Waals surface area contributed by atoms with Crippen LogP contribution < -0.4 is 0 Å². The Kier molecular flexibility index (Phi) is 5.55. The molecule has 0 radical (unpaired) electrons. The first kappa shape index (κ1) is 21.5. The van der Waals surface area contributed by atoms with Gasteiger partial charge in [-0.15, -0.1) is 0 Å². The molecule has 2 saturated heterocycles. The summed E-state index contributed by atoms with van der Waals surface area (Å²) in [6.45, 7) is 0.0936. The second-order valence-electron chi connectivity index (χ2n) is 6.66. The normalized spacial score (nSPS) is 29.1. The Labute approximate surface area is 143 Å². The van der Waals surface area contributed by atoms with Crippen molar-refractivity contribution in [3.05, 3.63) is 0 Å². The van der Waals surface area contributed by atoms with Crippen LogP contribution in [0.15, 0.2) is 0 Å². The molecule has 2 rings (SSSR count). The molecule has 0 unspecified atom stereocenters. The molecule has 154 valence electrons. The van der Waals surface area contributed by atoms with Crippen LogP contribution in [0, 0.1) is 0 Å². The molecule has 0 saturated carbocycles. The summed E-state index contributed by atoms with van der Waals surface area (Å²) in [5, 5.41) is 0. The van der Waals surface area contributed by atoms with Crippen molar-refractivity contribution in [3.8, 4) is 0 Å². The van der Waals surface area contributed by atoms with E-state index in [1.54, 1.807) is 4.90 Å². The Morgan fingerprint density at radius 3 is 1.92 bits per heavy atom. The average Bonchev–Trinajstić information content (AvgIpc) is 2.83. The molecule has 0 spiro atoms. The first-order valence-corrected chi connectivity index (χ1v) is 7.82. The Hall–Kier alpha value is -0.750. The van der Waals surface area contributed by atoms with Crippen LogP contribution in [0.5, 0.6) is 0 Å². The van der Waals surface area contributed by atoms with Crippen molar-refractivity contribution in [1.82, 2.24) is 4.90 Å². The van der Waals surface area contributed by atoms with Crippen molar-refractivity contribution in [1.29, 1.82) is 0 Å². The number of rotatable bonds is 4. The van der Waals surface area contributed by atoms with Crippen LogP contribution in [-0.2, 0) is 9.47 Å². The van der Waals surface area contributed by atoms with E-state index in [1.165, 1.54) is 7.11 Å². The van der Waals surface area contributed by atoms with Crippen LogP contribution in [-0.4, -0.2) is 67.5 Å². The summed E-state index contributed by atoms with van der Waals surface area (Å²) >= 11 is 0. The lowest BCUT2D eigenvalue weighted by Crippen LogP contribution is -2.70. The van der Waals surface area contributed by atoms with E-state index in [0.717, 1.165) is 0 Å². The summed E-state index contributed by atoms with van der Waals surface area (Å²) in [5.74, 6) is 0. The van der Waals surface area contributed by atoms with Crippen LogP contribution in [0.2, 0.25) is 0 Å². The van der Waals surface area contributed by atoms with Gasteiger partial charge in [-0.2, -0.15) is 39.5 Å². The largest absolute Gasteiger partial charge is 0.435 e. The molecule has 2 aliphatic rings. The van der Waals surface area contributed by atoms with Crippen LogP contribution in [0.1, 0.15) is 25.7 Å². The van der Waals surface area contributed by atoms with E-state index in [4.69, 9.17) is 4.74 Å². The molecule has 0 aromatic carbocycles. The maximum atomic E-state index is 13.0. The van der Waals surface area contributed by atoms with Crippen molar-refractivity contribution in [2.45, 2.75) is 61.5 Å². The van der Waals surface area contributed by atoms with E-state index >= 15 is 0 Å². The van der Waals surface area contributed by atoms with Crippen LogP contribution in [0.4, 0.5) is 39.5 Å². The molecule has 2 atom stereocenters. The molecule has 0 aliphatic carbocycles. The second kappa shape index (κ2) is 6.69. The SMILES string of the molecule is COC[C@@]12CCCN1C[C@H](OC(C(F)(F)F)(C(F)(F)F)C(F)(F)F)CC2. The summed E-state index contributed by atoms with van der Waals surface area (Å²) in [6, 6.07) is 0. The maximum Gasteiger partial charge on any atom is 0.435 e. The number of halogens is 9. The smallest absolute Gasteiger partial charge is 0.383 e. The Bertz CT molecular complexity index is 466. The Morgan fingerprint density at radius 2 is 1.46 bits per heavy atom. The minimum Gasteiger partial charge on any atom is -0.383 e. The molecular formula is C14H18F9NO2. The van der Waals surface area contributed by atoms with Crippen molar-refractivity contribution in [2.24, 2.45) is 0 Å². The molecule has 2 fully saturated rings. The van der Waals surface area contributed by atoms with Gasteiger partial charge in [-0.05, 0) is 32.2 Å². The zero-order chi connectivity index (χ0) is 20.0. The van der Waals surface area contributed by atoms with Gasteiger partial charge in [0, 0.05) is 19.2 Å². The van der Waals surface area contributed by atoms with Crippen LogP contribution in [0.25, 0.3) is 0 Å². The van der Waals surface area contributed by atoms with Crippen LogP contribution >= 0.6 is 0 Å². The van der Waals surface area contributed by atoms with Gasteiger partial charge in [0.15, 0.2) is 0 Å². The average molecular weight is 403 g/mol. The van der Waals surface area contributed by atoms with Crippen molar-refractivity contribution >= 4 is 0 Å². The van der Waals surface area contributed by atoms with E-state index in [1.807, 2.05) is 0 Å². The quantitative estimate of drug-likeness (QED) is 0.661. The van der Waals surface area contributed by atoms with E-state index < -0.39 is 42.3 Å². The number of ether oxygens (including phenoxy) is 2. The lowest BCUT2D eigenvalue weighted by molar-refractivity contribution is -0.465. The van der Waals surface area contributed by atoms with Gasteiger partial charge in [-0.1, -0.05) is 0 Å². The van der Waals surface area contributed by atoms with Crippen molar-refractivity contribution < 1.29 is 49.0 Å². The summed E-state index contributed by atoms with van der Waals surface area (Å²) in [4.78, 5) is 1.57. The highest BCUT2D eigenvalue weighted by Gasteiger charge is 2.86. The molecule has 0 aromatic rings. The number of hydrogen-bond acceptors (Lipinski definition) is 3. The predicted octanol–water partition coefficient (Wildman–Crippen LogP) is 4.07. The summed E-state index contributed by atoms with van der Waals surface area (Å²) in [6.07, 6.45) is -21.0. The van der Waals surface area contributed by atoms with Gasteiger partial charge in [0.05, 0.1) is 12.7 Å². The highest BCUT2D eigenvalue weighted by molar-refractivity contribution is 5.05. The number of alkyl halides is 9. The molecule has 0 bridgehead atoms. The second-order valence-corrected chi connectivity index (χ2v) is 6.66. The lowest BCUT2D eigenvalue weighted by Gasteiger charge is -2.47. The molecule has 0 amide bonds. The number of piperidine rings is 1. The topological polar surface area (TPSA) is 21.7 Å². The number of nitrogens with zero attached hydrogens (tertiary/aromatic N) is 1. The Balaban J connectivity index is 2.31. The molecule has 12 heteroatoms. The van der Waals surface area contributed by atoms with E-state index in [9.17, 15) is 39.5 Å². The van der Waals surface area contributed by atoms with Gasteiger partial charge >= 0.3 is 24.1 Å². The molecule has 2 aliphatic heterocycles. The third-order valence-electron chi connectivity index (χ3n) is 5.05. The molecule has 3 nitrogen and oxygen atoms in total. The van der Waals surface area contributed by atoms with Gasteiger partial charge in [0.25, 0.3) is 0 Å². The third-order valence-corrected chi connectivity index (χ3v) is 5.05. The predicted molar refractivity (Wildman–Crippen MR) is 70.4 cm³/mol. The zero-order valence-corrected chi connectivity index (χ0v) is 13.7. The zero-order valence-electron chi connectivity index (χ0n) is 13.7. The fourth-order valence-corrected chi connectivity index (χ4v) is 3.86. The summed E-state index contributed by atoms with van der Waals surface area (Å²) in [5.41, 5.74) is -6.79. The van der Waals surface area contributed by atoms with Gasteiger partial charge < -0.3 is 9.47 Å². The molecule has 0 aromatic heterocycles. The lowest BCUT2D eigenvalue weighted by atomic mass is 9.86. The molecule has 26 heavy (non-hydrogen) atoms. The van der Waals surface area contributed by atoms with E-state index in [-0.39, 0.29) is 19.4 Å². The van der Waals surface area contributed by atoms with Crippen molar-refractivity contribution in [3.63, 3.8) is 0 Å². The number of methoxy groups -OCH3 is 1. The van der Waals surface area contributed by atoms with Crippen LogP contribution in [0.3, 0.4) is 0 Å². The number of hydrogen-bond donors (Lipinski definition) is 0. The first-order chi connectivity index (χ1) is 11.7. The first-order valence-electron chi connectivity index (χ1n) is 7.82. The Morgan fingerprint density at radius 1 is 0.923 bits per heavy atom. The monoisotopic (exact) mass is 403 g/mol. The fourth-order valence-electron chi connectivity index (χ4n) is 3.86. The van der Waals surface area contributed by atoms with Gasteiger partial charge in [-0.25, -0.2) is 0 Å². The fraction of sp³-hybridized carbons (Fsp3) is 1.00. The van der Waals surface area contributed by atoms with Crippen molar-refractivity contribution in [2.75, 3.05) is 26.8 Å². The van der Waals surface area contributed by atoms with E-state index in [0.29, 0.717) is 19.4 Å². The highest BCUT2D eigenvalue weighted by Crippen LogP contribution is 2.56. The molecular weight excluding hydrogens is 385 g/mol. The minimum absolute atomic E-state index is 0.0924. The standard InChI is InChI=1S/C14H18F9NO2/c1-25-8-10-4-2-6-24(10)7-9(3-5-10)26-11(12(15,16)17,13(18,19)20)14(21,22)23/h9H,2-8H2,1H3/t9-,10+/m1/s1. The summed E-state index contributed by atoms with van der Waals surface area (Å²) < 4.78 is 126. The summed E-state index contributed by atoms with van der Waals surface area (Å²) in [7, 11) is 1.40. The minimum atomic E-state index is -6.70. The molecule has 2 heterocycles. The van der Waals surface area contributed by atoms with Gasteiger partial charge in [0.1, 0.15) is 0 Å².